The third-order valence-corrected chi connectivity index (χ3v) is 3.30. The highest BCUT2D eigenvalue weighted by molar-refractivity contribution is 9.09. The number of allylic oxidation sites excluding steroid dienone is 8. The van der Waals surface area contributed by atoms with Crippen molar-refractivity contribution in [2.45, 2.75) is 12.8 Å². The maximum Gasteiger partial charge on any atom is 0.173 e. The summed E-state index contributed by atoms with van der Waals surface area (Å²) >= 11 is 3.23. The molecule has 0 aliphatic heterocycles. The van der Waals surface area contributed by atoms with Crippen LogP contribution < -0.4 is 0 Å². The van der Waals surface area contributed by atoms with E-state index in [1.807, 2.05) is 12.2 Å². The molecule has 78 valence electrons. The Balaban J connectivity index is 2.34. The normalized spacial score (nSPS) is 23.9. The molecule has 2 heteroatoms. The van der Waals surface area contributed by atoms with Gasteiger partial charge in [-0.05, 0) is 18.4 Å². The molecule has 0 aromatic carbocycles. The first-order valence-corrected chi connectivity index (χ1v) is 6.30. The number of fused-ring (bicyclic) bond motifs is 1. The first kappa shape index (κ1) is 10.6. The van der Waals surface area contributed by atoms with Gasteiger partial charge in [-0.3, -0.25) is 4.79 Å². The lowest BCUT2D eigenvalue weighted by molar-refractivity contribution is -0.113. The van der Waals surface area contributed by atoms with Crippen molar-refractivity contribution < 1.29 is 4.79 Å². The van der Waals surface area contributed by atoms with E-state index in [-0.39, 0.29) is 5.78 Å². The highest BCUT2D eigenvalue weighted by Crippen LogP contribution is 2.31. The zero-order valence-electron chi connectivity index (χ0n) is 8.45. The van der Waals surface area contributed by atoms with Gasteiger partial charge in [0.1, 0.15) is 0 Å². The summed E-state index contributed by atoms with van der Waals surface area (Å²) in [6.45, 7) is 0. The van der Waals surface area contributed by atoms with Crippen molar-refractivity contribution in [1.82, 2.24) is 0 Å². The lowest BCUT2D eigenvalue weighted by Gasteiger charge is -2.20. The van der Waals surface area contributed by atoms with Crippen LogP contribution in [0.2, 0.25) is 0 Å². The number of rotatable bonds is 2. The summed E-state index contributed by atoms with van der Waals surface area (Å²) in [5.74, 6) is 0.592. The molecule has 0 bridgehead atoms. The minimum atomic E-state index is 0.172. The third kappa shape index (κ3) is 2.20. The molecule has 0 radical (unpaired) electrons. The SMILES string of the molecule is O=C(CBr)C1=CC=CC2CCC=CC=C12. The summed E-state index contributed by atoms with van der Waals surface area (Å²) in [6, 6.07) is 0. The molecule has 2 aliphatic rings. The van der Waals surface area contributed by atoms with Crippen molar-refractivity contribution in [3.05, 3.63) is 47.6 Å². The van der Waals surface area contributed by atoms with Crippen molar-refractivity contribution in [3.63, 3.8) is 0 Å². The van der Waals surface area contributed by atoms with Crippen LogP contribution in [0.25, 0.3) is 0 Å². The van der Waals surface area contributed by atoms with Gasteiger partial charge in [-0.25, -0.2) is 0 Å². The van der Waals surface area contributed by atoms with Crippen molar-refractivity contribution in [3.8, 4) is 0 Å². The van der Waals surface area contributed by atoms with Crippen LogP contribution >= 0.6 is 15.9 Å². The van der Waals surface area contributed by atoms with E-state index in [0.717, 1.165) is 18.4 Å². The molecule has 1 atom stereocenters. The molecule has 1 unspecified atom stereocenters. The van der Waals surface area contributed by atoms with E-state index in [1.165, 1.54) is 5.57 Å². The Morgan fingerprint density at radius 3 is 3.07 bits per heavy atom. The molecule has 0 aromatic rings. The van der Waals surface area contributed by atoms with Crippen LogP contribution in [0.3, 0.4) is 0 Å². The van der Waals surface area contributed by atoms with E-state index in [1.54, 1.807) is 0 Å². The lowest BCUT2D eigenvalue weighted by Crippen LogP contribution is -2.14. The van der Waals surface area contributed by atoms with Gasteiger partial charge in [0, 0.05) is 11.5 Å². The van der Waals surface area contributed by atoms with Crippen molar-refractivity contribution in [2.75, 3.05) is 5.33 Å². The van der Waals surface area contributed by atoms with Crippen LogP contribution in [-0.4, -0.2) is 11.1 Å². The summed E-state index contributed by atoms with van der Waals surface area (Å²) in [5, 5.41) is 0.403. The fourth-order valence-corrected chi connectivity index (χ4v) is 2.32. The Bertz CT molecular complexity index is 385. The minimum Gasteiger partial charge on any atom is -0.293 e. The predicted octanol–water partition coefficient (Wildman–Crippen LogP) is 3.34. The van der Waals surface area contributed by atoms with E-state index in [9.17, 15) is 4.79 Å². The van der Waals surface area contributed by atoms with Crippen molar-refractivity contribution >= 4 is 21.7 Å². The van der Waals surface area contributed by atoms with Crippen LogP contribution in [-0.2, 0) is 4.79 Å². The number of alkyl halides is 1. The summed E-state index contributed by atoms with van der Waals surface area (Å²) in [6.07, 6.45) is 14.6. The van der Waals surface area contributed by atoms with Gasteiger partial charge >= 0.3 is 0 Å². The molecule has 0 N–H and O–H groups in total. The molecule has 2 aliphatic carbocycles. The van der Waals surface area contributed by atoms with Crippen molar-refractivity contribution in [2.24, 2.45) is 5.92 Å². The number of ketones is 1. The maximum atomic E-state index is 11.7. The fourth-order valence-electron chi connectivity index (χ4n) is 2.02. The van der Waals surface area contributed by atoms with E-state index in [4.69, 9.17) is 0 Å². The molecule has 0 aromatic heterocycles. The van der Waals surface area contributed by atoms with Gasteiger partial charge in [0.15, 0.2) is 5.78 Å². The highest BCUT2D eigenvalue weighted by Gasteiger charge is 2.22. The Morgan fingerprint density at radius 1 is 1.40 bits per heavy atom. The first-order valence-electron chi connectivity index (χ1n) is 5.17. The van der Waals surface area contributed by atoms with Gasteiger partial charge in [-0.2, -0.15) is 0 Å². The van der Waals surface area contributed by atoms with Gasteiger partial charge in [0.25, 0.3) is 0 Å². The van der Waals surface area contributed by atoms with Gasteiger partial charge in [0.2, 0.25) is 0 Å². The molecule has 0 saturated carbocycles. The monoisotopic (exact) mass is 264 g/mol. The van der Waals surface area contributed by atoms with Crippen LogP contribution in [0.5, 0.6) is 0 Å². The molecule has 0 spiro atoms. The Kier molecular flexibility index (Phi) is 3.37. The quantitative estimate of drug-likeness (QED) is 0.700. The number of halogens is 1. The van der Waals surface area contributed by atoms with E-state index in [2.05, 4.69) is 40.2 Å². The molecule has 15 heavy (non-hydrogen) atoms. The zero-order chi connectivity index (χ0) is 10.7. The molecule has 1 nitrogen and oxygen atoms in total. The van der Waals surface area contributed by atoms with Gasteiger partial charge in [-0.15, -0.1) is 0 Å². The van der Waals surface area contributed by atoms with E-state index < -0.39 is 0 Å². The molecule has 0 amide bonds. The highest BCUT2D eigenvalue weighted by atomic mass is 79.9. The number of carbonyl (C=O) groups is 1. The number of hydrogen-bond acceptors (Lipinski definition) is 1. The second-order valence-electron chi connectivity index (χ2n) is 3.76. The minimum absolute atomic E-state index is 0.172. The summed E-state index contributed by atoms with van der Waals surface area (Å²) < 4.78 is 0. The topological polar surface area (TPSA) is 17.1 Å². The maximum absolute atomic E-state index is 11.7. The zero-order valence-corrected chi connectivity index (χ0v) is 10.0. The van der Waals surface area contributed by atoms with Gasteiger partial charge in [0.05, 0.1) is 5.33 Å². The summed E-state index contributed by atoms with van der Waals surface area (Å²) in [5.41, 5.74) is 2.04. The summed E-state index contributed by atoms with van der Waals surface area (Å²) in [4.78, 5) is 11.7. The number of hydrogen-bond donors (Lipinski definition) is 0. The molecule has 0 fully saturated rings. The Labute approximate surface area is 98.4 Å². The molecule has 2 rings (SSSR count). The Morgan fingerprint density at radius 2 is 2.27 bits per heavy atom. The van der Waals surface area contributed by atoms with Crippen molar-refractivity contribution in [1.29, 1.82) is 0 Å². The van der Waals surface area contributed by atoms with Gasteiger partial charge in [-0.1, -0.05) is 52.4 Å². The fraction of sp³-hybridized carbons (Fsp3) is 0.308. The van der Waals surface area contributed by atoms with Crippen LogP contribution in [0.1, 0.15) is 12.8 Å². The first-order chi connectivity index (χ1) is 7.33. The molecular formula is C13H13BrO. The van der Waals surface area contributed by atoms with E-state index in [0.29, 0.717) is 11.2 Å². The standard InChI is InChI=1S/C13H13BrO/c14-9-13(15)12-8-4-6-10-5-2-1-3-7-11(10)12/h1,3-4,6-8,10H,2,5,9H2. The molecular weight excluding hydrogens is 252 g/mol. The molecule has 0 saturated heterocycles. The third-order valence-electron chi connectivity index (χ3n) is 2.79. The second kappa shape index (κ2) is 4.75. The Hall–Kier alpha value is -0.890. The average molecular weight is 265 g/mol. The van der Waals surface area contributed by atoms with E-state index >= 15 is 0 Å². The largest absolute Gasteiger partial charge is 0.293 e. The van der Waals surface area contributed by atoms with Crippen LogP contribution in [0.15, 0.2) is 47.6 Å². The lowest BCUT2D eigenvalue weighted by atomic mass is 9.84. The average Bonchev–Trinajstić information content (AvgIpc) is 2.52. The number of carbonyl (C=O) groups excluding carboxylic acids is 1. The smallest absolute Gasteiger partial charge is 0.173 e. The van der Waals surface area contributed by atoms with Gasteiger partial charge < -0.3 is 0 Å². The van der Waals surface area contributed by atoms with Crippen LogP contribution in [0, 0.1) is 5.92 Å². The number of Topliss-reactive ketones (excluding diaryl/α,β-unsaturated/α-hetero) is 1. The second-order valence-corrected chi connectivity index (χ2v) is 4.32. The van der Waals surface area contributed by atoms with Crippen LogP contribution in [0.4, 0.5) is 0 Å². The molecule has 0 heterocycles. The summed E-state index contributed by atoms with van der Waals surface area (Å²) in [7, 11) is 0. The predicted molar refractivity (Wildman–Crippen MR) is 66.0 cm³/mol.